The molecule has 7 heteroatoms. The average Bonchev–Trinajstić information content (AvgIpc) is 2.56. The zero-order valence-electron chi connectivity index (χ0n) is 13.7. The van der Waals surface area contributed by atoms with Crippen molar-refractivity contribution >= 4 is 23.9 Å². The van der Waals surface area contributed by atoms with E-state index in [0.29, 0.717) is 0 Å². The topological polar surface area (TPSA) is 41.5 Å². The van der Waals surface area contributed by atoms with Crippen LogP contribution in [0.4, 0.5) is 13.2 Å². The second kappa shape index (κ2) is 8.20. The Hall–Kier alpha value is -2.28. The van der Waals surface area contributed by atoms with E-state index in [1.54, 1.807) is 6.92 Å². The first-order chi connectivity index (χ1) is 11.8. The number of rotatable bonds is 5. The summed E-state index contributed by atoms with van der Waals surface area (Å²) in [7, 11) is 0. The highest BCUT2D eigenvalue weighted by Gasteiger charge is 2.32. The summed E-state index contributed by atoms with van der Waals surface area (Å²) in [6.45, 7) is 3.68. The lowest BCUT2D eigenvalue weighted by molar-refractivity contribution is -0.137. The van der Waals surface area contributed by atoms with Gasteiger partial charge in [-0.25, -0.2) is 5.43 Å². The van der Waals surface area contributed by atoms with Crippen LogP contribution >= 0.6 is 11.8 Å². The third-order valence-electron chi connectivity index (χ3n) is 3.35. The van der Waals surface area contributed by atoms with Crippen LogP contribution in [0.5, 0.6) is 0 Å². The van der Waals surface area contributed by atoms with Crippen LogP contribution in [-0.4, -0.2) is 17.4 Å². The zero-order valence-corrected chi connectivity index (χ0v) is 14.5. The van der Waals surface area contributed by atoms with Gasteiger partial charge in [-0.2, -0.15) is 18.3 Å². The van der Waals surface area contributed by atoms with E-state index in [-0.39, 0.29) is 11.5 Å². The summed E-state index contributed by atoms with van der Waals surface area (Å²) in [5.74, 6) is -0.383. The first-order valence-corrected chi connectivity index (χ1v) is 8.38. The molecule has 1 atom stereocenters. The fourth-order valence-electron chi connectivity index (χ4n) is 2.00. The number of benzene rings is 2. The predicted octanol–water partition coefficient (Wildman–Crippen LogP) is 4.64. The number of thioether (sulfide) groups is 1. The minimum Gasteiger partial charge on any atom is -0.272 e. The maximum atomic E-state index is 12.9. The third-order valence-corrected chi connectivity index (χ3v) is 4.46. The van der Waals surface area contributed by atoms with Crippen LogP contribution in [0.25, 0.3) is 0 Å². The fraction of sp³-hybridized carbons (Fsp3) is 0.222. The summed E-state index contributed by atoms with van der Waals surface area (Å²) < 4.78 is 38.6. The van der Waals surface area contributed by atoms with E-state index in [1.807, 2.05) is 31.2 Å². The van der Waals surface area contributed by atoms with E-state index in [9.17, 15) is 18.0 Å². The van der Waals surface area contributed by atoms with E-state index >= 15 is 0 Å². The standard InChI is InChI=1S/C18H17F3N2OS/c1-12-7-9-15(10-8-12)25-13(2)17(24)23-22-11-14-5-3-4-6-16(14)18(19,20)21/h3-11,13H,1-2H3,(H,23,24)/b22-11-/t13-/m0/s1. The van der Waals surface area contributed by atoms with E-state index in [1.165, 1.54) is 30.0 Å². The van der Waals surface area contributed by atoms with Gasteiger partial charge in [-0.1, -0.05) is 35.9 Å². The molecule has 0 radical (unpaired) electrons. The maximum absolute atomic E-state index is 12.9. The Balaban J connectivity index is 1.97. The molecule has 0 spiro atoms. The molecule has 0 heterocycles. The van der Waals surface area contributed by atoms with Gasteiger partial charge in [0.1, 0.15) is 0 Å². The minimum absolute atomic E-state index is 0.103. The highest BCUT2D eigenvalue weighted by atomic mass is 32.2. The lowest BCUT2D eigenvalue weighted by Crippen LogP contribution is -2.26. The Bertz CT molecular complexity index is 758. The molecule has 2 aromatic carbocycles. The molecule has 0 aromatic heterocycles. The monoisotopic (exact) mass is 366 g/mol. The number of nitrogens with one attached hydrogen (secondary N) is 1. The molecule has 3 nitrogen and oxygen atoms in total. The molecule has 0 aliphatic carbocycles. The number of nitrogens with zero attached hydrogens (tertiary/aromatic N) is 1. The highest BCUT2D eigenvalue weighted by Crippen LogP contribution is 2.31. The third kappa shape index (κ3) is 5.63. The van der Waals surface area contributed by atoms with Gasteiger partial charge in [-0.15, -0.1) is 11.8 Å². The fourth-order valence-corrected chi connectivity index (χ4v) is 2.86. The van der Waals surface area contributed by atoms with Crippen molar-refractivity contribution in [3.63, 3.8) is 0 Å². The van der Waals surface area contributed by atoms with Crippen LogP contribution in [-0.2, 0) is 11.0 Å². The van der Waals surface area contributed by atoms with Gasteiger partial charge in [0, 0.05) is 10.5 Å². The van der Waals surface area contributed by atoms with Crippen molar-refractivity contribution < 1.29 is 18.0 Å². The molecular weight excluding hydrogens is 349 g/mol. The molecule has 1 amide bonds. The van der Waals surface area contributed by atoms with Crippen LogP contribution < -0.4 is 5.43 Å². The van der Waals surface area contributed by atoms with Crippen LogP contribution in [0.3, 0.4) is 0 Å². The molecule has 0 unspecified atom stereocenters. The Labute approximate surface area is 148 Å². The Morgan fingerprint density at radius 3 is 2.44 bits per heavy atom. The molecule has 0 aliphatic heterocycles. The van der Waals surface area contributed by atoms with Gasteiger partial charge in [0.15, 0.2) is 0 Å². The number of carbonyl (C=O) groups excluding carboxylic acids is 1. The summed E-state index contributed by atoms with van der Waals surface area (Å²) >= 11 is 1.35. The van der Waals surface area contributed by atoms with Crippen molar-refractivity contribution in [2.75, 3.05) is 0 Å². The SMILES string of the molecule is Cc1ccc(S[C@@H](C)C(=O)N/N=C\c2ccccc2C(F)(F)F)cc1. The van der Waals surface area contributed by atoms with Crippen LogP contribution in [0.1, 0.15) is 23.6 Å². The second-order valence-electron chi connectivity index (χ2n) is 5.39. The molecule has 0 fully saturated rings. The number of hydrogen-bond donors (Lipinski definition) is 1. The number of halogens is 3. The highest BCUT2D eigenvalue weighted by molar-refractivity contribution is 8.00. The van der Waals surface area contributed by atoms with Crippen LogP contribution in [0.2, 0.25) is 0 Å². The second-order valence-corrected chi connectivity index (χ2v) is 6.81. The van der Waals surface area contributed by atoms with Gasteiger partial charge >= 0.3 is 6.18 Å². The van der Waals surface area contributed by atoms with Gasteiger partial charge < -0.3 is 0 Å². The lowest BCUT2D eigenvalue weighted by Gasteiger charge is -2.10. The van der Waals surface area contributed by atoms with Crippen molar-refractivity contribution in [1.29, 1.82) is 0 Å². The van der Waals surface area contributed by atoms with Crippen molar-refractivity contribution in [3.8, 4) is 0 Å². The molecule has 2 rings (SSSR count). The average molecular weight is 366 g/mol. The van der Waals surface area contributed by atoms with Crippen molar-refractivity contribution in [2.45, 2.75) is 30.2 Å². The Morgan fingerprint density at radius 1 is 1.16 bits per heavy atom. The zero-order chi connectivity index (χ0) is 18.4. The van der Waals surface area contributed by atoms with Gasteiger partial charge in [-0.05, 0) is 32.0 Å². The van der Waals surface area contributed by atoms with E-state index < -0.39 is 17.0 Å². The summed E-state index contributed by atoms with van der Waals surface area (Å²) in [6, 6.07) is 12.8. The number of hydrazone groups is 1. The normalized spacial score (nSPS) is 13.0. The molecule has 2 aromatic rings. The Kier molecular flexibility index (Phi) is 6.25. The van der Waals surface area contributed by atoms with Gasteiger partial charge in [0.25, 0.3) is 5.91 Å². The molecular formula is C18H17F3N2OS. The lowest BCUT2D eigenvalue weighted by atomic mass is 10.1. The molecule has 25 heavy (non-hydrogen) atoms. The molecule has 1 N–H and O–H groups in total. The van der Waals surface area contributed by atoms with Crippen molar-refractivity contribution in [3.05, 3.63) is 65.2 Å². The number of hydrogen-bond acceptors (Lipinski definition) is 3. The number of amides is 1. The largest absolute Gasteiger partial charge is 0.417 e. The Morgan fingerprint density at radius 2 is 1.80 bits per heavy atom. The molecule has 0 bridgehead atoms. The van der Waals surface area contributed by atoms with Crippen LogP contribution in [0, 0.1) is 6.92 Å². The van der Waals surface area contributed by atoms with Gasteiger partial charge in [-0.3, -0.25) is 4.79 Å². The quantitative estimate of drug-likeness (QED) is 0.476. The summed E-state index contributed by atoms with van der Waals surface area (Å²) in [4.78, 5) is 12.9. The maximum Gasteiger partial charge on any atom is 0.417 e. The van der Waals surface area contributed by atoms with Crippen molar-refractivity contribution in [1.82, 2.24) is 5.43 Å². The summed E-state index contributed by atoms with van der Waals surface area (Å²) in [5.41, 5.74) is 2.50. The number of aryl methyl sites for hydroxylation is 1. The summed E-state index contributed by atoms with van der Waals surface area (Å²) in [5, 5.41) is 3.22. The number of alkyl halides is 3. The molecule has 0 saturated carbocycles. The van der Waals surface area contributed by atoms with Crippen LogP contribution in [0.15, 0.2) is 58.5 Å². The van der Waals surface area contributed by atoms with Crippen molar-refractivity contribution in [2.24, 2.45) is 5.10 Å². The summed E-state index contributed by atoms with van der Waals surface area (Å²) in [6.07, 6.45) is -3.47. The van der Waals surface area contributed by atoms with E-state index in [4.69, 9.17) is 0 Å². The smallest absolute Gasteiger partial charge is 0.272 e. The minimum atomic E-state index is -4.47. The predicted molar refractivity (Wildman–Crippen MR) is 93.7 cm³/mol. The van der Waals surface area contributed by atoms with Gasteiger partial charge in [0.2, 0.25) is 0 Å². The first kappa shape index (κ1) is 19.1. The van der Waals surface area contributed by atoms with E-state index in [0.717, 1.165) is 22.7 Å². The first-order valence-electron chi connectivity index (χ1n) is 7.50. The molecule has 132 valence electrons. The molecule has 0 aliphatic rings. The van der Waals surface area contributed by atoms with E-state index in [2.05, 4.69) is 10.5 Å². The van der Waals surface area contributed by atoms with Gasteiger partial charge in [0.05, 0.1) is 17.0 Å². The molecule has 0 saturated heterocycles. The number of carbonyl (C=O) groups is 1.